The molecule has 1 aliphatic carbocycles. The van der Waals surface area contributed by atoms with Crippen LogP contribution in [0.2, 0.25) is 0 Å². The Morgan fingerprint density at radius 2 is 2.31 bits per heavy atom. The van der Waals surface area contributed by atoms with Gasteiger partial charge in [0.05, 0.1) is 0 Å². The molecule has 1 aromatic rings. The van der Waals surface area contributed by atoms with Crippen molar-refractivity contribution in [3.8, 4) is 0 Å². The first-order valence-corrected chi connectivity index (χ1v) is 7.57. The molecule has 0 spiro atoms. The Kier molecular flexibility index (Phi) is 3.98. The van der Waals surface area contributed by atoms with Crippen molar-refractivity contribution in [2.75, 3.05) is 23.9 Å². The number of hydrogen-bond acceptors (Lipinski definition) is 3. The number of nitrogens with one attached hydrogen (secondary N) is 1. The summed E-state index contributed by atoms with van der Waals surface area (Å²) < 4.78 is 13.2. The molecule has 1 aliphatic rings. The maximum absolute atomic E-state index is 11.0. The van der Waals surface area contributed by atoms with Gasteiger partial charge in [-0.15, -0.1) is 0 Å². The minimum Gasteiger partial charge on any atom is -0.355 e. The van der Waals surface area contributed by atoms with Gasteiger partial charge in [0, 0.05) is 47.8 Å². The molecule has 0 amide bonds. The Morgan fingerprint density at radius 3 is 3.00 bits per heavy atom. The molecule has 1 unspecified atom stereocenters. The molecule has 0 saturated heterocycles. The molecule has 16 heavy (non-hydrogen) atoms. The minimum absolute atomic E-state index is 0.608. The molecular formula is C11H19N3OS. The maximum Gasteiger partial charge on any atom is 0.203 e. The highest BCUT2D eigenvalue weighted by atomic mass is 32.2. The van der Waals surface area contributed by atoms with Crippen LogP contribution in [0.4, 0.5) is 5.95 Å². The van der Waals surface area contributed by atoms with Crippen molar-refractivity contribution in [1.82, 2.24) is 9.55 Å². The third-order valence-corrected chi connectivity index (χ3v) is 3.84. The van der Waals surface area contributed by atoms with E-state index < -0.39 is 10.8 Å². The molecule has 4 nitrogen and oxygen atoms in total. The number of nitrogens with zero attached hydrogens (tertiary/aromatic N) is 2. The van der Waals surface area contributed by atoms with Crippen LogP contribution >= 0.6 is 0 Å². The van der Waals surface area contributed by atoms with E-state index in [1.807, 2.05) is 12.4 Å². The van der Waals surface area contributed by atoms with E-state index in [1.165, 1.54) is 25.7 Å². The van der Waals surface area contributed by atoms with Crippen LogP contribution in [0.3, 0.4) is 0 Å². The van der Waals surface area contributed by atoms with E-state index >= 15 is 0 Å². The van der Waals surface area contributed by atoms with Gasteiger partial charge in [-0.3, -0.25) is 4.21 Å². The van der Waals surface area contributed by atoms with Gasteiger partial charge in [-0.1, -0.05) is 12.8 Å². The van der Waals surface area contributed by atoms with Crippen molar-refractivity contribution in [2.24, 2.45) is 0 Å². The Labute approximate surface area is 98.9 Å². The first-order valence-electron chi connectivity index (χ1n) is 5.84. The predicted octanol–water partition coefficient (Wildman–Crippen LogP) is 1.79. The summed E-state index contributed by atoms with van der Waals surface area (Å²) in [5.74, 6) is 1.61. The van der Waals surface area contributed by atoms with Crippen LogP contribution in [0.15, 0.2) is 12.4 Å². The minimum atomic E-state index is -0.735. The Balaban J connectivity index is 1.93. The van der Waals surface area contributed by atoms with Gasteiger partial charge in [0.2, 0.25) is 5.95 Å². The third kappa shape index (κ3) is 2.84. The summed E-state index contributed by atoms with van der Waals surface area (Å²) in [6.07, 6.45) is 10.8. The second-order valence-electron chi connectivity index (χ2n) is 4.30. The lowest BCUT2D eigenvalue weighted by Crippen LogP contribution is -2.15. The van der Waals surface area contributed by atoms with E-state index in [4.69, 9.17) is 0 Å². The van der Waals surface area contributed by atoms with E-state index in [0.717, 1.165) is 12.5 Å². The average molecular weight is 241 g/mol. The molecule has 0 bridgehead atoms. The second kappa shape index (κ2) is 5.48. The first kappa shape index (κ1) is 11.6. The zero-order valence-corrected chi connectivity index (χ0v) is 10.5. The van der Waals surface area contributed by atoms with Gasteiger partial charge in [-0.2, -0.15) is 0 Å². The predicted molar refractivity (Wildman–Crippen MR) is 67.2 cm³/mol. The number of anilines is 1. The molecule has 5 heteroatoms. The largest absolute Gasteiger partial charge is 0.355 e. The summed E-state index contributed by atoms with van der Waals surface area (Å²) in [6, 6.07) is 0.608. The number of rotatable bonds is 5. The van der Waals surface area contributed by atoms with Crippen LogP contribution in [-0.2, 0) is 10.8 Å². The van der Waals surface area contributed by atoms with Crippen molar-refractivity contribution in [3.05, 3.63) is 12.4 Å². The standard InChI is InChI=1S/C11H19N3OS/c1-16(15)9-7-13-11-12-6-8-14(11)10-4-2-3-5-10/h6,8,10H,2-5,7,9H2,1H3,(H,12,13). The molecule has 2 rings (SSSR count). The van der Waals surface area contributed by atoms with Crippen molar-refractivity contribution >= 4 is 16.7 Å². The van der Waals surface area contributed by atoms with Crippen LogP contribution in [0.1, 0.15) is 31.7 Å². The van der Waals surface area contributed by atoms with Gasteiger partial charge in [0.25, 0.3) is 0 Å². The van der Waals surface area contributed by atoms with E-state index in [0.29, 0.717) is 11.8 Å². The van der Waals surface area contributed by atoms with Crippen LogP contribution in [-0.4, -0.2) is 32.3 Å². The molecular weight excluding hydrogens is 222 g/mol. The maximum atomic E-state index is 11.0. The highest BCUT2D eigenvalue weighted by Gasteiger charge is 2.18. The molecule has 0 aliphatic heterocycles. The van der Waals surface area contributed by atoms with E-state index in [2.05, 4.69) is 14.9 Å². The third-order valence-electron chi connectivity index (χ3n) is 3.06. The SMILES string of the molecule is CS(=O)CCNc1nccn1C1CCCC1. The van der Waals surface area contributed by atoms with Crippen LogP contribution in [0.5, 0.6) is 0 Å². The zero-order chi connectivity index (χ0) is 11.4. The molecule has 0 radical (unpaired) electrons. The quantitative estimate of drug-likeness (QED) is 0.855. The van der Waals surface area contributed by atoms with Crippen molar-refractivity contribution in [3.63, 3.8) is 0 Å². The van der Waals surface area contributed by atoms with Crippen LogP contribution in [0.25, 0.3) is 0 Å². The topological polar surface area (TPSA) is 46.9 Å². The molecule has 1 heterocycles. The molecule has 1 fully saturated rings. The first-order chi connectivity index (χ1) is 7.77. The van der Waals surface area contributed by atoms with Crippen LogP contribution in [0, 0.1) is 0 Å². The van der Waals surface area contributed by atoms with Gasteiger partial charge < -0.3 is 9.88 Å². The summed E-state index contributed by atoms with van der Waals surface area (Å²) in [5, 5.41) is 3.26. The monoisotopic (exact) mass is 241 g/mol. The summed E-state index contributed by atoms with van der Waals surface area (Å²) in [6.45, 7) is 0.729. The molecule has 0 aromatic carbocycles. The normalized spacial score (nSPS) is 18.8. The van der Waals surface area contributed by atoms with Crippen molar-refractivity contribution < 1.29 is 4.21 Å². The molecule has 1 saturated carbocycles. The average Bonchev–Trinajstić information content (AvgIpc) is 2.84. The highest BCUT2D eigenvalue weighted by molar-refractivity contribution is 7.84. The van der Waals surface area contributed by atoms with Crippen molar-refractivity contribution in [1.29, 1.82) is 0 Å². The zero-order valence-electron chi connectivity index (χ0n) is 9.69. The lowest BCUT2D eigenvalue weighted by molar-refractivity contribution is 0.523. The lowest BCUT2D eigenvalue weighted by Gasteiger charge is -2.15. The summed E-state index contributed by atoms with van der Waals surface area (Å²) >= 11 is 0. The fraction of sp³-hybridized carbons (Fsp3) is 0.727. The van der Waals surface area contributed by atoms with Gasteiger partial charge in [0.1, 0.15) is 0 Å². The Hall–Kier alpha value is -0.840. The van der Waals surface area contributed by atoms with Gasteiger partial charge in [0.15, 0.2) is 0 Å². The van der Waals surface area contributed by atoms with Gasteiger partial charge >= 0.3 is 0 Å². The smallest absolute Gasteiger partial charge is 0.203 e. The number of hydrogen-bond donors (Lipinski definition) is 1. The molecule has 1 aromatic heterocycles. The molecule has 1 atom stereocenters. The second-order valence-corrected chi connectivity index (χ2v) is 5.86. The Morgan fingerprint density at radius 1 is 1.56 bits per heavy atom. The molecule has 90 valence electrons. The Bertz CT molecular complexity index is 358. The van der Waals surface area contributed by atoms with E-state index in [-0.39, 0.29) is 0 Å². The summed E-state index contributed by atoms with van der Waals surface area (Å²) in [5.41, 5.74) is 0. The molecule has 1 N–H and O–H groups in total. The van der Waals surface area contributed by atoms with Gasteiger partial charge in [-0.25, -0.2) is 4.98 Å². The lowest BCUT2D eigenvalue weighted by atomic mass is 10.2. The number of imidazole rings is 1. The fourth-order valence-electron chi connectivity index (χ4n) is 2.23. The van der Waals surface area contributed by atoms with E-state index in [1.54, 1.807) is 6.26 Å². The summed E-state index contributed by atoms with van der Waals surface area (Å²) in [4.78, 5) is 4.31. The van der Waals surface area contributed by atoms with E-state index in [9.17, 15) is 4.21 Å². The van der Waals surface area contributed by atoms with Crippen LogP contribution < -0.4 is 5.32 Å². The highest BCUT2D eigenvalue weighted by Crippen LogP contribution is 2.31. The van der Waals surface area contributed by atoms with Gasteiger partial charge in [-0.05, 0) is 12.8 Å². The fourth-order valence-corrected chi connectivity index (χ4v) is 2.62. The van der Waals surface area contributed by atoms with Crippen molar-refractivity contribution in [2.45, 2.75) is 31.7 Å². The number of aromatic nitrogens is 2. The summed E-state index contributed by atoms with van der Waals surface area (Å²) in [7, 11) is -0.735.